The van der Waals surface area contributed by atoms with E-state index in [2.05, 4.69) is 21.0 Å². The minimum Gasteiger partial charge on any atom is -0.428 e. The predicted molar refractivity (Wildman–Crippen MR) is 164 cm³/mol. The Morgan fingerprint density at radius 1 is 0.833 bits per heavy atom. The van der Waals surface area contributed by atoms with Gasteiger partial charge in [-0.05, 0) is 43.2 Å². The fourth-order valence-electron chi connectivity index (χ4n) is 6.67. The highest BCUT2D eigenvalue weighted by molar-refractivity contribution is 7.18. The summed E-state index contributed by atoms with van der Waals surface area (Å²) in [4.78, 5) is 46.7. The molecule has 0 spiro atoms. The number of amides is 1. The first-order valence-corrected chi connectivity index (χ1v) is 16.6. The van der Waals surface area contributed by atoms with Gasteiger partial charge in [-0.25, -0.2) is 4.79 Å². The van der Waals surface area contributed by atoms with Crippen LogP contribution in [0.3, 0.4) is 0 Å². The predicted octanol–water partition coefficient (Wildman–Crippen LogP) is 2.83. The van der Waals surface area contributed by atoms with Crippen LogP contribution in [0.2, 0.25) is 0 Å². The molecule has 0 radical (unpaired) electrons. The Hall–Kier alpha value is -2.75. The summed E-state index contributed by atoms with van der Waals surface area (Å²) in [6, 6.07) is 12.0. The van der Waals surface area contributed by atoms with Gasteiger partial charge >= 0.3 is 11.9 Å². The van der Waals surface area contributed by atoms with Crippen LogP contribution < -0.4 is 14.7 Å². The molecule has 1 aliphatic carbocycles. The number of rotatable bonds is 8. The number of hydrogen-bond acceptors (Lipinski definition) is 6. The van der Waals surface area contributed by atoms with Crippen molar-refractivity contribution < 1.29 is 33.7 Å². The van der Waals surface area contributed by atoms with Gasteiger partial charge in [-0.3, -0.25) is 9.59 Å². The molecule has 2 aliphatic heterocycles. The minimum absolute atomic E-state index is 0.0329. The van der Waals surface area contributed by atoms with Gasteiger partial charge in [0.2, 0.25) is 12.7 Å². The smallest absolute Gasteiger partial charge is 0.353 e. The summed E-state index contributed by atoms with van der Waals surface area (Å²) in [5, 5.41) is 0. The minimum atomic E-state index is -0.550. The third-order valence-electron chi connectivity index (χ3n) is 9.56. The first-order chi connectivity index (χ1) is 20.3. The molecule has 2 N–H and O–H groups in total. The van der Waals surface area contributed by atoms with Crippen molar-refractivity contribution in [1.29, 1.82) is 0 Å². The van der Waals surface area contributed by atoms with Gasteiger partial charge in [0.1, 0.15) is 4.88 Å². The molecule has 3 heterocycles. The standard InChI is InChI=1S/C33H45N3O5S/c1-23-9-11-25(12-10-23)31(37)36(27-15-19-35(3)20-16-27)28-21-29(24-7-5-4-6-8-24)42-30(28)33(39)41-22-40-32(38)26-13-17-34(2)18-14-26/h4-8,21,23,25-27H,9-20,22H2,1-3H3/p+2. The lowest BCUT2D eigenvalue weighted by atomic mass is 9.82. The zero-order valence-corrected chi connectivity index (χ0v) is 26.2. The second kappa shape index (κ2) is 14.1. The van der Waals surface area contributed by atoms with E-state index >= 15 is 0 Å². The van der Waals surface area contributed by atoms with Crippen LogP contribution in [0.15, 0.2) is 36.4 Å². The molecule has 3 aliphatic rings. The van der Waals surface area contributed by atoms with E-state index in [4.69, 9.17) is 9.47 Å². The highest BCUT2D eigenvalue weighted by atomic mass is 32.1. The van der Waals surface area contributed by atoms with E-state index in [9.17, 15) is 14.4 Å². The highest BCUT2D eigenvalue weighted by Gasteiger charge is 2.38. The molecule has 5 rings (SSSR count). The zero-order valence-electron chi connectivity index (χ0n) is 25.4. The third-order valence-corrected chi connectivity index (χ3v) is 10.7. The van der Waals surface area contributed by atoms with Crippen molar-refractivity contribution in [3.63, 3.8) is 0 Å². The van der Waals surface area contributed by atoms with E-state index in [-0.39, 0.29) is 29.8 Å². The Labute approximate surface area is 253 Å². The first kappa shape index (κ1) is 30.7. The molecule has 3 fully saturated rings. The SMILES string of the molecule is CC1CCC(C(=O)N(c2cc(-c3ccccc3)sc2C(=O)OCOC(=O)C2CC[NH+](C)CC2)C2CC[NH+](C)CC2)CC1. The van der Waals surface area contributed by atoms with Crippen LogP contribution in [0.4, 0.5) is 5.69 Å². The van der Waals surface area contributed by atoms with Gasteiger partial charge in [-0.15, -0.1) is 11.3 Å². The second-order valence-corrected chi connectivity index (χ2v) is 13.8. The molecule has 42 heavy (non-hydrogen) atoms. The van der Waals surface area contributed by atoms with Crippen LogP contribution in [0.1, 0.15) is 68.0 Å². The number of esters is 2. The maximum atomic E-state index is 14.3. The molecule has 228 valence electrons. The normalized spacial score (nSPS) is 28.1. The molecule has 0 atom stereocenters. The average molecular weight is 598 g/mol. The van der Waals surface area contributed by atoms with Crippen molar-refractivity contribution >= 4 is 34.9 Å². The van der Waals surface area contributed by atoms with E-state index in [0.29, 0.717) is 16.5 Å². The van der Waals surface area contributed by atoms with Crippen LogP contribution >= 0.6 is 11.3 Å². The molecule has 1 saturated carbocycles. The van der Waals surface area contributed by atoms with E-state index in [1.165, 1.54) is 21.1 Å². The van der Waals surface area contributed by atoms with Crippen molar-refractivity contribution in [1.82, 2.24) is 0 Å². The Kier molecular flexibility index (Phi) is 10.3. The van der Waals surface area contributed by atoms with Crippen molar-refractivity contribution in [2.45, 2.75) is 64.3 Å². The topological polar surface area (TPSA) is 81.8 Å². The summed E-state index contributed by atoms with van der Waals surface area (Å²) < 4.78 is 11.0. The number of carbonyl (C=O) groups is 3. The summed E-state index contributed by atoms with van der Waals surface area (Å²) in [5.41, 5.74) is 1.63. The molecule has 2 saturated heterocycles. The fraction of sp³-hybridized carbons (Fsp3) is 0.606. The van der Waals surface area contributed by atoms with Crippen LogP contribution in [0.25, 0.3) is 10.4 Å². The van der Waals surface area contributed by atoms with E-state index in [0.717, 1.165) is 88.0 Å². The van der Waals surface area contributed by atoms with Crippen LogP contribution in [-0.4, -0.2) is 71.0 Å². The monoisotopic (exact) mass is 597 g/mol. The summed E-state index contributed by atoms with van der Waals surface area (Å²) in [7, 11) is 4.32. The Bertz CT molecular complexity index is 1210. The highest BCUT2D eigenvalue weighted by Crippen LogP contribution is 2.41. The average Bonchev–Trinajstić information content (AvgIpc) is 3.44. The van der Waals surface area contributed by atoms with E-state index < -0.39 is 12.8 Å². The zero-order chi connectivity index (χ0) is 29.6. The molecule has 8 nitrogen and oxygen atoms in total. The fourth-order valence-corrected chi connectivity index (χ4v) is 7.72. The second-order valence-electron chi connectivity index (χ2n) is 12.8. The Morgan fingerprint density at radius 3 is 2.10 bits per heavy atom. The van der Waals surface area contributed by atoms with Crippen LogP contribution in [0.5, 0.6) is 0 Å². The lowest BCUT2D eigenvalue weighted by Crippen LogP contribution is -3.10. The largest absolute Gasteiger partial charge is 0.428 e. The molecule has 1 amide bonds. The van der Waals surface area contributed by atoms with Crippen molar-refractivity contribution in [3.8, 4) is 10.4 Å². The molecular formula is C33H47N3O5S+2. The number of hydrogen-bond donors (Lipinski definition) is 2. The number of ether oxygens (including phenoxy) is 2. The molecular weight excluding hydrogens is 550 g/mol. The number of nitrogens with one attached hydrogen (secondary N) is 2. The lowest BCUT2D eigenvalue weighted by Gasteiger charge is -2.38. The summed E-state index contributed by atoms with van der Waals surface area (Å²) >= 11 is 1.35. The number of carbonyl (C=O) groups excluding carboxylic acids is 3. The van der Waals surface area contributed by atoms with Crippen LogP contribution in [0, 0.1) is 17.8 Å². The van der Waals surface area contributed by atoms with Gasteiger partial charge < -0.3 is 24.2 Å². The van der Waals surface area contributed by atoms with E-state index in [1.807, 2.05) is 41.3 Å². The number of benzene rings is 1. The molecule has 2 aromatic rings. The van der Waals surface area contributed by atoms with Gasteiger partial charge in [0.15, 0.2) is 0 Å². The summed E-state index contributed by atoms with van der Waals surface area (Å²) in [6.45, 7) is 5.68. The molecule has 0 bridgehead atoms. The molecule has 1 aromatic heterocycles. The van der Waals surface area contributed by atoms with Crippen molar-refractivity contribution in [2.75, 3.05) is 52.0 Å². The number of likely N-dealkylation sites (tertiary alicyclic amines) is 2. The van der Waals surface area contributed by atoms with Gasteiger partial charge in [0.05, 0.1) is 51.9 Å². The Morgan fingerprint density at radius 2 is 1.45 bits per heavy atom. The van der Waals surface area contributed by atoms with Gasteiger partial charge in [0.25, 0.3) is 0 Å². The molecule has 0 unspecified atom stereocenters. The Balaban J connectivity index is 1.40. The van der Waals surface area contributed by atoms with Crippen molar-refractivity contribution in [3.05, 3.63) is 41.3 Å². The number of piperidine rings is 2. The first-order valence-electron chi connectivity index (χ1n) is 15.8. The quantitative estimate of drug-likeness (QED) is 0.362. The van der Waals surface area contributed by atoms with Crippen molar-refractivity contribution in [2.24, 2.45) is 17.8 Å². The van der Waals surface area contributed by atoms with Gasteiger partial charge in [0, 0.05) is 42.5 Å². The maximum Gasteiger partial charge on any atom is 0.353 e. The number of thiophene rings is 1. The lowest BCUT2D eigenvalue weighted by molar-refractivity contribution is -0.885. The van der Waals surface area contributed by atoms with Gasteiger partial charge in [-0.2, -0.15) is 0 Å². The van der Waals surface area contributed by atoms with Crippen LogP contribution in [-0.2, 0) is 19.1 Å². The van der Waals surface area contributed by atoms with Gasteiger partial charge in [-0.1, -0.05) is 37.3 Å². The summed E-state index contributed by atoms with van der Waals surface area (Å²) in [5.74, 6) is -0.255. The third kappa shape index (κ3) is 7.41. The maximum absolute atomic E-state index is 14.3. The molecule has 9 heteroatoms. The molecule has 1 aromatic carbocycles. The summed E-state index contributed by atoms with van der Waals surface area (Å²) in [6.07, 6.45) is 7.23. The number of nitrogens with zero attached hydrogens (tertiary/aromatic N) is 1. The van der Waals surface area contributed by atoms with E-state index in [1.54, 1.807) is 0 Å². The number of anilines is 1. The number of quaternary nitrogens is 2.